The molecule has 0 spiro atoms. The van der Waals surface area contributed by atoms with Crippen LogP contribution in [0.2, 0.25) is 5.02 Å². The first kappa shape index (κ1) is 17.9. The van der Waals surface area contributed by atoms with Crippen LogP contribution in [0.1, 0.15) is 23.0 Å². The van der Waals surface area contributed by atoms with Crippen molar-refractivity contribution in [2.75, 3.05) is 11.9 Å². The number of benzene rings is 1. The van der Waals surface area contributed by atoms with Gasteiger partial charge in [-0.05, 0) is 12.1 Å². The summed E-state index contributed by atoms with van der Waals surface area (Å²) in [6, 6.07) is 8.77. The van der Waals surface area contributed by atoms with Gasteiger partial charge in [0.2, 0.25) is 0 Å². The highest BCUT2D eigenvalue weighted by Gasteiger charge is 2.35. The van der Waals surface area contributed by atoms with E-state index < -0.39 is 18.4 Å². The van der Waals surface area contributed by atoms with E-state index in [0.717, 1.165) is 0 Å². The fraction of sp³-hybridized carbons (Fsp3) is 0.278. The molecule has 0 radical (unpaired) electrons. The molecule has 1 aliphatic heterocycles. The zero-order valence-electron chi connectivity index (χ0n) is 14.1. The third kappa shape index (κ3) is 3.28. The number of hydrogen-bond donors (Lipinski definition) is 3. The normalized spacial score (nSPS) is 22.3. The molecule has 8 nitrogen and oxygen atoms in total. The van der Waals surface area contributed by atoms with Crippen molar-refractivity contribution < 1.29 is 19.7 Å². The van der Waals surface area contributed by atoms with Crippen molar-refractivity contribution in [2.24, 2.45) is 0 Å². The molecular formula is C18H17ClN4O4. The predicted molar refractivity (Wildman–Crippen MR) is 98.6 cm³/mol. The summed E-state index contributed by atoms with van der Waals surface area (Å²) < 4.78 is 7.35. The molecule has 2 aromatic heterocycles. The molecule has 9 heteroatoms. The van der Waals surface area contributed by atoms with E-state index in [1.165, 1.54) is 6.33 Å². The van der Waals surface area contributed by atoms with Gasteiger partial charge in [0, 0.05) is 18.2 Å². The van der Waals surface area contributed by atoms with Gasteiger partial charge in [0.25, 0.3) is 5.91 Å². The second-order valence-corrected chi connectivity index (χ2v) is 6.65. The second kappa shape index (κ2) is 7.24. The van der Waals surface area contributed by atoms with Crippen molar-refractivity contribution in [3.05, 3.63) is 53.4 Å². The van der Waals surface area contributed by atoms with E-state index >= 15 is 0 Å². The van der Waals surface area contributed by atoms with Crippen LogP contribution in [0.3, 0.4) is 0 Å². The summed E-state index contributed by atoms with van der Waals surface area (Å²) in [6.07, 6.45) is 1.27. The Kier molecular flexibility index (Phi) is 4.79. The van der Waals surface area contributed by atoms with Crippen molar-refractivity contribution in [3.63, 3.8) is 0 Å². The lowest BCUT2D eigenvalue weighted by molar-refractivity contribution is -0.0430. The van der Waals surface area contributed by atoms with Crippen molar-refractivity contribution in [1.82, 2.24) is 14.5 Å². The molecule has 140 valence electrons. The third-order valence-corrected chi connectivity index (χ3v) is 4.81. The molecule has 0 unspecified atom stereocenters. The number of carbonyl (C=O) groups is 1. The molecule has 3 heterocycles. The molecule has 0 bridgehead atoms. The summed E-state index contributed by atoms with van der Waals surface area (Å²) in [7, 11) is 0. The van der Waals surface area contributed by atoms with E-state index in [0.29, 0.717) is 28.0 Å². The van der Waals surface area contributed by atoms with Gasteiger partial charge in [-0.1, -0.05) is 29.8 Å². The van der Waals surface area contributed by atoms with Crippen molar-refractivity contribution >= 4 is 34.4 Å². The SMILES string of the molecule is O=C(Nc1ncnc2c1c(Cl)cn2[C@H]1C[C@H](O)[C@@H](CO)O1)c1ccccc1. The first-order valence-electron chi connectivity index (χ1n) is 8.40. The van der Waals surface area contributed by atoms with Gasteiger partial charge in [-0.2, -0.15) is 0 Å². The number of nitrogens with zero attached hydrogens (tertiary/aromatic N) is 3. The van der Waals surface area contributed by atoms with Crippen LogP contribution in [0.15, 0.2) is 42.9 Å². The monoisotopic (exact) mass is 388 g/mol. The number of fused-ring (bicyclic) bond motifs is 1. The van der Waals surface area contributed by atoms with Crippen molar-refractivity contribution in [3.8, 4) is 0 Å². The van der Waals surface area contributed by atoms with E-state index in [1.54, 1.807) is 35.0 Å². The summed E-state index contributed by atoms with van der Waals surface area (Å²) >= 11 is 6.38. The molecule has 27 heavy (non-hydrogen) atoms. The fourth-order valence-corrected chi connectivity index (χ4v) is 3.45. The molecule has 1 fully saturated rings. The Hall–Kier alpha value is -2.52. The van der Waals surface area contributed by atoms with E-state index in [4.69, 9.17) is 16.3 Å². The fourth-order valence-electron chi connectivity index (χ4n) is 3.17. The quantitative estimate of drug-likeness (QED) is 0.630. The van der Waals surface area contributed by atoms with Gasteiger partial charge in [-0.25, -0.2) is 9.97 Å². The molecule has 0 saturated carbocycles. The largest absolute Gasteiger partial charge is 0.394 e. The summed E-state index contributed by atoms with van der Waals surface area (Å²) in [4.78, 5) is 20.9. The first-order valence-corrected chi connectivity index (χ1v) is 8.78. The molecule has 0 aliphatic carbocycles. The molecule has 4 rings (SSSR count). The van der Waals surface area contributed by atoms with Gasteiger partial charge in [-0.3, -0.25) is 4.79 Å². The standard InChI is InChI=1S/C18H17ClN4O4/c19-11-7-23(14-6-12(25)13(8-24)27-14)17-15(11)16(20-9-21-17)22-18(26)10-4-2-1-3-5-10/h1-5,7,9,12-14,24-25H,6,8H2,(H,20,21,22,26)/t12-,13+,14+/m0/s1. The Bertz CT molecular complexity index is 978. The molecule has 3 aromatic rings. The minimum atomic E-state index is -0.782. The van der Waals surface area contributed by atoms with Gasteiger partial charge < -0.3 is 24.8 Å². The van der Waals surface area contributed by atoms with Crippen LogP contribution in [0.25, 0.3) is 11.0 Å². The number of amides is 1. The van der Waals surface area contributed by atoms with E-state index in [2.05, 4.69) is 15.3 Å². The lowest BCUT2D eigenvalue weighted by Gasteiger charge is -2.14. The average molecular weight is 389 g/mol. The number of aliphatic hydroxyl groups is 2. The van der Waals surface area contributed by atoms with Gasteiger partial charge >= 0.3 is 0 Å². The summed E-state index contributed by atoms with van der Waals surface area (Å²) in [5.74, 6) is -0.0258. The Morgan fingerprint density at radius 2 is 2.11 bits per heavy atom. The molecule has 3 atom stereocenters. The van der Waals surface area contributed by atoms with Gasteiger partial charge in [-0.15, -0.1) is 0 Å². The number of aliphatic hydroxyl groups excluding tert-OH is 2. The van der Waals surface area contributed by atoms with Crippen LogP contribution in [0, 0.1) is 0 Å². The van der Waals surface area contributed by atoms with Crippen LogP contribution in [-0.4, -0.2) is 49.5 Å². The Morgan fingerprint density at radius 3 is 2.81 bits per heavy atom. The topological polar surface area (TPSA) is 110 Å². The lowest BCUT2D eigenvalue weighted by atomic mass is 10.2. The molecule has 1 amide bonds. The number of halogens is 1. The number of carbonyl (C=O) groups excluding carboxylic acids is 1. The third-order valence-electron chi connectivity index (χ3n) is 4.53. The summed E-state index contributed by atoms with van der Waals surface area (Å²) in [5.41, 5.74) is 0.960. The van der Waals surface area contributed by atoms with E-state index in [1.807, 2.05) is 6.07 Å². The van der Waals surface area contributed by atoms with E-state index in [9.17, 15) is 15.0 Å². The maximum atomic E-state index is 12.4. The summed E-state index contributed by atoms with van der Waals surface area (Å²) in [5, 5.41) is 22.8. The minimum Gasteiger partial charge on any atom is -0.394 e. The second-order valence-electron chi connectivity index (χ2n) is 6.24. The number of hydrogen-bond acceptors (Lipinski definition) is 6. The van der Waals surface area contributed by atoms with Crippen LogP contribution < -0.4 is 5.32 Å². The molecular weight excluding hydrogens is 372 g/mol. The van der Waals surface area contributed by atoms with E-state index in [-0.39, 0.29) is 18.3 Å². The Labute approximate surface area is 159 Å². The number of anilines is 1. The maximum Gasteiger partial charge on any atom is 0.256 e. The lowest BCUT2D eigenvalue weighted by Crippen LogP contribution is -2.24. The van der Waals surface area contributed by atoms with Crippen LogP contribution in [0.5, 0.6) is 0 Å². The van der Waals surface area contributed by atoms with Gasteiger partial charge in [0.1, 0.15) is 30.1 Å². The highest BCUT2D eigenvalue weighted by atomic mass is 35.5. The molecule has 1 aromatic carbocycles. The average Bonchev–Trinajstić information content (AvgIpc) is 3.23. The zero-order chi connectivity index (χ0) is 19.0. The maximum absolute atomic E-state index is 12.4. The Morgan fingerprint density at radius 1 is 1.33 bits per heavy atom. The van der Waals surface area contributed by atoms with Crippen molar-refractivity contribution in [1.29, 1.82) is 0 Å². The molecule has 1 saturated heterocycles. The van der Waals surface area contributed by atoms with Crippen molar-refractivity contribution in [2.45, 2.75) is 24.9 Å². The number of nitrogens with one attached hydrogen (secondary N) is 1. The van der Waals surface area contributed by atoms with Crippen LogP contribution in [-0.2, 0) is 4.74 Å². The van der Waals surface area contributed by atoms with Gasteiger partial charge in [0.15, 0.2) is 0 Å². The minimum absolute atomic E-state index is 0.280. The predicted octanol–water partition coefficient (Wildman–Crippen LogP) is 1.98. The highest BCUT2D eigenvalue weighted by Crippen LogP contribution is 2.36. The molecule has 3 N–H and O–H groups in total. The number of rotatable bonds is 4. The summed E-state index contributed by atoms with van der Waals surface area (Å²) in [6.45, 7) is -0.280. The van der Waals surface area contributed by atoms with Crippen LogP contribution >= 0.6 is 11.6 Å². The zero-order valence-corrected chi connectivity index (χ0v) is 14.9. The smallest absolute Gasteiger partial charge is 0.256 e. The van der Waals surface area contributed by atoms with Crippen LogP contribution in [0.4, 0.5) is 5.82 Å². The Balaban J connectivity index is 1.68. The molecule has 1 aliphatic rings. The number of ether oxygens (including phenoxy) is 1. The number of aromatic nitrogens is 3. The van der Waals surface area contributed by atoms with Gasteiger partial charge in [0.05, 0.1) is 23.1 Å². The highest BCUT2D eigenvalue weighted by molar-refractivity contribution is 6.36. The first-order chi connectivity index (χ1) is 13.1.